The topological polar surface area (TPSA) is 41.6 Å². The van der Waals surface area contributed by atoms with Crippen LogP contribution in [-0.2, 0) is 6.42 Å². The van der Waals surface area contributed by atoms with Crippen molar-refractivity contribution in [2.24, 2.45) is 0 Å². The highest BCUT2D eigenvalue weighted by molar-refractivity contribution is 6.05. The number of fused-ring (bicyclic) bond motifs is 3. The van der Waals surface area contributed by atoms with Crippen LogP contribution in [0, 0.1) is 0 Å². The van der Waals surface area contributed by atoms with Gasteiger partial charge in [-0.15, -0.1) is 0 Å². The van der Waals surface area contributed by atoms with E-state index in [9.17, 15) is 0 Å². The predicted octanol–water partition coefficient (Wildman–Crippen LogP) is 3.70. The lowest BCUT2D eigenvalue weighted by molar-refractivity contribution is 1.06. The van der Waals surface area contributed by atoms with E-state index in [2.05, 4.69) is 51.4 Å². The fourth-order valence-electron chi connectivity index (χ4n) is 2.61. The van der Waals surface area contributed by atoms with Crippen molar-refractivity contribution in [2.75, 3.05) is 0 Å². The van der Waals surface area contributed by atoms with Crippen LogP contribution in [0.1, 0.15) is 11.3 Å². The Labute approximate surface area is 116 Å². The lowest BCUT2D eigenvalue weighted by Gasteiger charge is -2.02. The second-order valence-corrected chi connectivity index (χ2v) is 4.88. The van der Waals surface area contributed by atoms with Crippen LogP contribution >= 0.6 is 0 Å². The number of nitrogens with zero attached hydrogens (tertiary/aromatic N) is 2. The predicted molar refractivity (Wildman–Crippen MR) is 80.6 cm³/mol. The Morgan fingerprint density at radius 1 is 0.850 bits per heavy atom. The maximum Gasteiger partial charge on any atom is 0.116 e. The summed E-state index contributed by atoms with van der Waals surface area (Å²) in [5.41, 5.74) is 5.44. The van der Waals surface area contributed by atoms with Gasteiger partial charge in [-0.3, -0.25) is 0 Å². The molecule has 2 heterocycles. The molecule has 4 aromatic rings. The van der Waals surface area contributed by atoms with Crippen LogP contribution in [0.3, 0.4) is 0 Å². The summed E-state index contributed by atoms with van der Waals surface area (Å²) in [7, 11) is 0. The van der Waals surface area contributed by atoms with Crippen LogP contribution in [0.2, 0.25) is 0 Å². The summed E-state index contributed by atoms with van der Waals surface area (Å²) >= 11 is 0. The molecule has 4 rings (SSSR count). The van der Waals surface area contributed by atoms with Gasteiger partial charge in [-0.05, 0) is 11.6 Å². The molecule has 0 saturated heterocycles. The highest BCUT2D eigenvalue weighted by Crippen LogP contribution is 2.25. The molecule has 3 heteroatoms. The van der Waals surface area contributed by atoms with Crippen LogP contribution in [0.25, 0.3) is 21.9 Å². The standard InChI is InChI=1S/C17H13N3/c1-2-6-12(7-3-1)10-15-17-16(19-11-18-15)13-8-4-5-9-14(13)20-17/h1-9,11,20H,10H2. The van der Waals surface area contributed by atoms with Gasteiger partial charge in [-0.2, -0.15) is 0 Å². The third kappa shape index (κ3) is 1.75. The molecule has 0 spiro atoms. The van der Waals surface area contributed by atoms with Gasteiger partial charge in [-0.1, -0.05) is 48.5 Å². The molecule has 0 bridgehead atoms. The van der Waals surface area contributed by atoms with Gasteiger partial charge in [-0.25, -0.2) is 9.97 Å². The van der Waals surface area contributed by atoms with Gasteiger partial charge in [0, 0.05) is 17.3 Å². The number of aromatic amines is 1. The van der Waals surface area contributed by atoms with Crippen molar-refractivity contribution in [1.29, 1.82) is 0 Å². The van der Waals surface area contributed by atoms with Gasteiger partial charge < -0.3 is 4.98 Å². The molecule has 1 N–H and O–H groups in total. The minimum Gasteiger partial charge on any atom is -0.352 e. The van der Waals surface area contributed by atoms with E-state index in [1.807, 2.05) is 18.2 Å². The lowest BCUT2D eigenvalue weighted by atomic mass is 10.1. The van der Waals surface area contributed by atoms with E-state index in [1.54, 1.807) is 6.33 Å². The molecular weight excluding hydrogens is 246 g/mol. The summed E-state index contributed by atoms with van der Waals surface area (Å²) in [6.45, 7) is 0. The van der Waals surface area contributed by atoms with E-state index in [-0.39, 0.29) is 0 Å². The van der Waals surface area contributed by atoms with E-state index in [0.717, 1.165) is 34.1 Å². The van der Waals surface area contributed by atoms with Crippen molar-refractivity contribution in [3.8, 4) is 0 Å². The quantitative estimate of drug-likeness (QED) is 0.596. The summed E-state index contributed by atoms with van der Waals surface area (Å²) in [5.74, 6) is 0. The zero-order valence-electron chi connectivity index (χ0n) is 10.9. The van der Waals surface area contributed by atoms with Crippen molar-refractivity contribution < 1.29 is 0 Å². The molecule has 0 saturated carbocycles. The average molecular weight is 259 g/mol. The normalized spacial score (nSPS) is 11.2. The molecule has 0 radical (unpaired) electrons. The fraction of sp³-hybridized carbons (Fsp3) is 0.0588. The van der Waals surface area contributed by atoms with E-state index < -0.39 is 0 Å². The number of aromatic nitrogens is 3. The molecule has 0 unspecified atom stereocenters. The third-order valence-electron chi connectivity index (χ3n) is 3.58. The zero-order chi connectivity index (χ0) is 13.4. The molecule has 0 atom stereocenters. The first-order valence-corrected chi connectivity index (χ1v) is 6.66. The van der Waals surface area contributed by atoms with Crippen LogP contribution in [-0.4, -0.2) is 15.0 Å². The van der Waals surface area contributed by atoms with Crippen LogP contribution in [0.4, 0.5) is 0 Å². The number of hydrogen-bond donors (Lipinski definition) is 1. The smallest absolute Gasteiger partial charge is 0.116 e. The van der Waals surface area contributed by atoms with Crippen LogP contribution in [0.15, 0.2) is 60.9 Å². The molecule has 0 aliphatic carbocycles. The molecular formula is C17H13N3. The van der Waals surface area contributed by atoms with Gasteiger partial charge in [0.25, 0.3) is 0 Å². The first kappa shape index (κ1) is 11.2. The Kier molecular flexibility index (Phi) is 2.49. The van der Waals surface area contributed by atoms with E-state index in [0.29, 0.717) is 0 Å². The second kappa shape index (κ2) is 4.46. The fourth-order valence-corrected chi connectivity index (χ4v) is 2.61. The molecule has 3 nitrogen and oxygen atoms in total. The van der Waals surface area contributed by atoms with Crippen molar-refractivity contribution in [3.05, 3.63) is 72.2 Å². The SMILES string of the molecule is c1ccc(Cc2ncnc3c2[nH]c2ccccc23)cc1. The first-order valence-electron chi connectivity index (χ1n) is 6.66. The molecule has 2 aromatic carbocycles. The van der Waals surface area contributed by atoms with Crippen LogP contribution in [0.5, 0.6) is 0 Å². The molecule has 0 amide bonds. The van der Waals surface area contributed by atoms with Crippen molar-refractivity contribution >= 4 is 21.9 Å². The minimum absolute atomic E-state index is 0.812. The van der Waals surface area contributed by atoms with Gasteiger partial charge in [0.05, 0.1) is 16.7 Å². The average Bonchev–Trinajstić information content (AvgIpc) is 2.88. The zero-order valence-corrected chi connectivity index (χ0v) is 10.9. The van der Waals surface area contributed by atoms with Gasteiger partial charge in [0.1, 0.15) is 6.33 Å². The largest absolute Gasteiger partial charge is 0.352 e. The Morgan fingerprint density at radius 2 is 1.65 bits per heavy atom. The molecule has 20 heavy (non-hydrogen) atoms. The minimum atomic E-state index is 0.812. The molecule has 96 valence electrons. The Morgan fingerprint density at radius 3 is 2.55 bits per heavy atom. The summed E-state index contributed by atoms with van der Waals surface area (Å²) < 4.78 is 0. The third-order valence-corrected chi connectivity index (χ3v) is 3.58. The number of rotatable bonds is 2. The van der Waals surface area contributed by atoms with Gasteiger partial charge in [0.15, 0.2) is 0 Å². The maximum absolute atomic E-state index is 4.46. The summed E-state index contributed by atoms with van der Waals surface area (Å²) in [6.07, 6.45) is 2.47. The van der Waals surface area contributed by atoms with Crippen molar-refractivity contribution in [1.82, 2.24) is 15.0 Å². The molecule has 0 aliphatic rings. The highest BCUT2D eigenvalue weighted by atomic mass is 14.9. The van der Waals surface area contributed by atoms with Gasteiger partial charge >= 0.3 is 0 Å². The van der Waals surface area contributed by atoms with E-state index in [1.165, 1.54) is 5.56 Å². The van der Waals surface area contributed by atoms with E-state index in [4.69, 9.17) is 0 Å². The Balaban J connectivity index is 1.91. The van der Waals surface area contributed by atoms with E-state index >= 15 is 0 Å². The molecule has 0 aliphatic heterocycles. The number of H-pyrrole nitrogens is 1. The van der Waals surface area contributed by atoms with Crippen LogP contribution < -0.4 is 0 Å². The first-order chi connectivity index (χ1) is 9.92. The molecule has 0 fully saturated rings. The summed E-state index contributed by atoms with van der Waals surface area (Å²) in [5, 5.41) is 1.15. The number of hydrogen-bond acceptors (Lipinski definition) is 2. The number of para-hydroxylation sites is 1. The molecule has 2 aromatic heterocycles. The Hall–Kier alpha value is -2.68. The number of nitrogens with one attached hydrogen (secondary N) is 1. The second-order valence-electron chi connectivity index (χ2n) is 4.88. The monoisotopic (exact) mass is 259 g/mol. The van der Waals surface area contributed by atoms with Gasteiger partial charge in [0.2, 0.25) is 0 Å². The van der Waals surface area contributed by atoms with Crippen molar-refractivity contribution in [2.45, 2.75) is 6.42 Å². The number of benzene rings is 2. The van der Waals surface area contributed by atoms with Crippen molar-refractivity contribution in [3.63, 3.8) is 0 Å². The Bertz CT molecular complexity index is 878. The maximum atomic E-state index is 4.46. The lowest BCUT2D eigenvalue weighted by Crippen LogP contribution is -1.94. The summed E-state index contributed by atoms with van der Waals surface area (Å²) in [6, 6.07) is 18.6. The summed E-state index contributed by atoms with van der Waals surface area (Å²) in [4.78, 5) is 12.3. The highest BCUT2D eigenvalue weighted by Gasteiger charge is 2.10.